The lowest BCUT2D eigenvalue weighted by Crippen LogP contribution is -2.85. The zero-order chi connectivity index (χ0) is 33.7. The van der Waals surface area contributed by atoms with Crippen molar-refractivity contribution in [3.05, 3.63) is 29.3 Å². The average molecular weight is 658 g/mol. The van der Waals surface area contributed by atoms with Crippen LogP contribution in [0.5, 0.6) is 5.75 Å². The van der Waals surface area contributed by atoms with Gasteiger partial charge in [-0.25, -0.2) is 4.79 Å². The predicted molar refractivity (Wildman–Crippen MR) is 167 cm³/mol. The summed E-state index contributed by atoms with van der Waals surface area (Å²) in [6, 6.07) is 4.61. The second kappa shape index (κ2) is 9.69. The van der Waals surface area contributed by atoms with Crippen LogP contribution in [-0.2, 0) is 9.47 Å². The largest absolute Gasteiger partial charge is 0.496 e. The van der Waals surface area contributed by atoms with E-state index < -0.39 is 81.2 Å². The first-order valence-corrected chi connectivity index (χ1v) is 17.5. The first-order valence-electron chi connectivity index (χ1n) is 17.5. The van der Waals surface area contributed by atoms with Crippen molar-refractivity contribution in [2.45, 2.75) is 131 Å². The average Bonchev–Trinajstić information content (AvgIpc) is 3.18. The number of aryl methyl sites for hydroxylation is 1. The van der Waals surface area contributed by atoms with Crippen molar-refractivity contribution in [3.63, 3.8) is 0 Å². The van der Waals surface area contributed by atoms with Gasteiger partial charge in [-0.2, -0.15) is 0 Å². The number of esters is 1. The van der Waals surface area contributed by atoms with Crippen molar-refractivity contribution in [3.8, 4) is 5.75 Å². The Balaban J connectivity index is 1.17. The lowest BCUT2D eigenvalue weighted by Gasteiger charge is -2.68. The van der Waals surface area contributed by atoms with Crippen LogP contribution in [0.15, 0.2) is 18.2 Å². The molecule has 11 heteroatoms. The molecule has 3 aliphatic heterocycles. The number of carbonyl (C=O) groups is 1. The zero-order valence-corrected chi connectivity index (χ0v) is 28.1. The van der Waals surface area contributed by atoms with Gasteiger partial charge in [-0.3, -0.25) is 4.90 Å². The number of aliphatic hydroxyl groups excluding tert-OH is 1. The summed E-state index contributed by atoms with van der Waals surface area (Å²) in [5, 5.41) is 74.6. The van der Waals surface area contributed by atoms with E-state index in [0.717, 1.165) is 12.0 Å². The maximum absolute atomic E-state index is 13.4. The van der Waals surface area contributed by atoms with Gasteiger partial charge < -0.3 is 44.8 Å². The molecule has 7 aliphatic rings. The summed E-state index contributed by atoms with van der Waals surface area (Å²) in [6.07, 6.45) is 0.352. The molecule has 6 N–H and O–H groups in total. The Kier molecular flexibility index (Phi) is 6.68. The van der Waals surface area contributed by atoms with Crippen LogP contribution < -0.4 is 4.74 Å². The number of methoxy groups -OCH3 is 1. The molecule has 0 aromatic heterocycles. The minimum Gasteiger partial charge on any atom is -0.496 e. The number of hydrogen-bond donors (Lipinski definition) is 6. The van der Waals surface area contributed by atoms with Crippen molar-refractivity contribution in [1.29, 1.82) is 0 Å². The number of benzene rings is 1. The minimum atomic E-state index is -2.08. The molecule has 3 saturated heterocycles. The van der Waals surface area contributed by atoms with Crippen molar-refractivity contribution >= 4 is 5.97 Å². The highest BCUT2D eigenvalue weighted by Gasteiger charge is 2.88. The van der Waals surface area contributed by atoms with E-state index in [4.69, 9.17) is 14.2 Å². The molecule has 1 aromatic carbocycles. The predicted octanol–water partition coefficient (Wildman–Crippen LogP) is 1.66. The van der Waals surface area contributed by atoms with Crippen LogP contribution in [0.2, 0.25) is 0 Å². The highest BCUT2D eigenvalue weighted by molar-refractivity contribution is 5.90. The number of fused-ring (bicyclic) bond motifs is 5. The number of aliphatic hydroxyl groups is 6. The van der Waals surface area contributed by atoms with Gasteiger partial charge in [0.25, 0.3) is 0 Å². The van der Waals surface area contributed by atoms with Crippen LogP contribution in [-0.4, -0.2) is 114 Å². The Hall–Kier alpha value is -1.83. The molecule has 14 atom stereocenters. The van der Waals surface area contributed by atoms with Crippen molar-refractivity contribution in [2.24, 2.45) is 29.1 Å². The fourth-order valence-electron chi connectivity index (χ4n) is 12.6. The molecule has 4 aliphatic carbocycles. The molecule has 3 heterocycles. The number of nitrogens with zero attached hydrogens (tertiary/aromatic N) is 1. The standard InChI is InChI=1S/C36H51NO10/c1-19-6-11-26-31(4,40)35(43)25(17-37(26)16-19)33(42)18-34-24(32(33,41)15-27(35)38)10-9-23-30(34,3)13-12-28(36(23,44)47-34)46-29(39)21-7-8-22(45-5)20(2)14-21/h7-8,14,19,23-28,38,40-44H,6,9-13,15-18H2,1-5H3/t19-,23-,24-,25-,26-,27-,28-,30-,31+,32+,33+,34+,35-,36-/m0/s1. The van der Waals surface area contributed by atoms with Gasteiger partial charge >= 0.3 is 5.97 Å². The number of carbonyl (C=O) groups excluding carboxylic acids is 1. The molecule has 4 bridgehead atoms. The molecule has 0 unspecified atom stereocenters. The van der Waals surface area contributed by atoms with E-state index in [-0.39, 0.29) is 19.4 Å². The van der Waals surface area contributed by atoms with E-state index >= 15 is 0 Å². The molecule has 0 amide bonds. The molecular weight excluding hydrogens is 606 g/mol. The number of ether oxygens (including phenoxy) is 3. The highest BCUT2D eigenvalue weighted by atomic mass is 16.7. The van der Waals surface area contributed by atoms with Crippen LogP contribution in [0.4, 0.5) is 0 Å². The number of piperidine rings is 2. The Morgan fingerprint density at radius 2 is 1.68 bits per heavy atom. The van der Waals surface area contributed by atoms with Gasteiger partial charge in [0, 0.05) is 55.1 Å². The summed E-state index contributed by atoms with van der Waals surface area (Å²) in [5.74, 6) is -3.64. The molecule has 7 fully saturated rings. The van der Waals surface area contributed by atoms with Gasteiger partial charge in [-0.05, 0) is 82.1 Å². The smallest absolute Gasteiger partial charge is 0.338 e. The van der Waals surface area contributed by atoms with Crippen LogP contribution in [0.3, 0.4) is 0 Å². The summed E-state index contributed by atoms with van der Waals surface area (Å²) in [7, 11) is 1.56. The fraction of sp³-hybridized carbons (Fsp3) is 0.806. The van der Waals surface area contributed by atoms with Crippen molar-refractivity contribution < 1.29 is 49.6 Å². The van der Waals surface area contributed by atoms with Crippen molar-refractivity contribution in [1.82, 2.24) is 4.90 Å². The quantitative estimate of drug-likeness (QED) is 0.262. The summed E-state index contributed by atoms with van der Waals surface area (Å²) >= 11 is 0. The lowest BCUT2D eigenvalue weighted by molar-refractivity contribution is -0.354. The summed E-state index contributed by atoms with van der Waals surface area (Å²) < 4.78 is 18.2. The Labute approximate surface area is 275 Å². The van der Waals surface area contributed by atoms with E-state index in [0.29, 0.717) is 55.9 Å². The van der Waals surface area contributed by atoms with E-state index in [2.05, 4.69) is 11.8 Å². The molecule has 1 aromatic rings. The van der Waals surface area contributed by atoms with Crippen LogP contribution in [0.25, 0.3) is 0 Å². The third-order valence-electron chi connectivity index (χ3n) is 14.9. The lowest BCUT2D eigenvalue weighted by atomic mass is 9.49. The third-order valence-corrected chi connectivity index (χ3v) is 14.9. The second-order valence-corrected chi connectivity index (χ2v) is 16.9. The molecule has 260 valence electrons. The first-order chi connectivity index (χ1) is 21.9. The molecule has 0 radical (unpaired) electrons. The van der Waals surface area contributed by atoms with Crippen LogP contribution >= 0.6 is 0 Å². The third kappa shape index (κ3) is 3.63. The van der Waals surface area contributed by atoms with Gasteiger partial charge in [0.05, 0.1) is 24.4 Å². The maximum Gasteiger partial charge on any atom is 0.338 e. The van der Waals surface area contributed by atoms with E-state index in [1.165, 1.54) is 0 Å². The molecule has 1 spiro atoms. The summed E-state index contributed by atoms with van der Waals surface area (Å²) in [4.78, 5) is 15.5. The number of rotatable bonds is 3. The van der Waals surface area contributed by atoms with Crippen molar-refractivity contribution in [2.75, 3.05) is 20.2 Å². The highest BCUT2D eigenvalue weighted by Crippen LogP contribution is 2.78. The molecule has 4 saturated carbocycles. The minimum absolute atomic E-state index is 0.0847. The topological polar surface area (TPSA) is 169 Å². The molecule has 8 rings (SSSR count). The van der Waals surface area contributed by atoms with Gasteiger partial charge in [0.1, 0.15) is 28.2 Å². The summed E-state index contributed by atoms with van der Waals surface area (Å²) in [6.45, 7) is 8.45. The molecular formula is C36H51NO10. The molecule has 47 heavy (non-hydrogen) atoms. The first kappa shape index (κ1) is 32.4. The van der Waals surface area contributed by atoms with E-state index in [9.17, 15) is 35.4 Å². The fourth-order valence-corrected chi connectivity index (χ4v) is 12.6. The monoisotopic (exact) mass is 657 g/mol. The van der Waals surface area contributed by atoms with Gasteiger partial charge in [0.2, 0.25) is 5.79 Å². The second-order valence-electron chi connectivity index (χ2n) is 16.9. The van der Waals surface area contributed by atoms with Gasteiger partial charge in [-0.15, -0.1) is 0 Å². The zero-order valence-electron chi connectivity index (χ0n) is 28.1. The Bertz CT molecular complexity index is 1500. The van der Waals surface area contributed by atoms with Crippen LogP contribution in [0, 0.1) is 36.0 Å². The van der Waals surface area contributed by atoms with E-state index in [1.807, 2.05) is 13.8 Å². The number of hydrogen-bond acceptors (Lipinski definition) is 11. The SMILES string of the molecule is COc1ccc(C(=O)O[C@H]2CC[C@@]3(C)[C@@H]4CC[C@H]5[C@]6(O)C[C@H](O)[C@@]7(O)[C@@H](CN8C[C@@H](C)CC[C@H]8[C@@]7(C)O)[C@]6(O)C[C@@]53O[C@]24O)cc1C. The maximum atomic E-state index is 13.4. The van der Waals surface area contributed by atoms with Crippen LogP contribution in [0.1, 0.15) is 88.1 Å². The van der Waals surface area contributed by atoms with Gasteiger partial charge in [0.15, 0.2) is 6.10 Å². The van der Waals surface area contributed by atoms with Gasteiger partial charge in [-0.1, -0.05) is 13.8 Å². The normalized spacial score (nSPS) is 54.6. The Morgan fingerprint density at radius 3 is 2.38 bits per heavy atom. The molecule has 11 nitrogen and oxygen atoms in total. The summed E-state index contributed by atoms with van der Waals surface area (Å²) in [5.41, 5.74) is -8.47. The Morgan fingerprint density at radius 1 is 0.957 bits per heavy atom. The van der Waals surface area contributed by atoms with E-state index in [1.54, 1.807) is 32.2 Å².